The predicted octanol–water partition coefficient (Wildman–Crippen LogP) is 2.93. The molecular formula is C13H15N2P. The summed E-state index contributed by atoms with van der Waals surface area (Å²) >= 11 is 0. The van der Waals surface area contributed by atoms with E-state index < -0.39 is 0 Å². The van der Waals surface area contributed by atoms with Gasteiger partial charge < -0.3 is 0 Å². The molecule has 16 heavy (non-hydrogen) atoms. The maximum Gasteiger partial charge on any atom is 0.0921 e. The summed E-state index contributed by atoms with van der Waals surface area (Å²) in [4.78, 5) is 8.65. The molecule has 0 spiro atoms. The molecule has 0 saturated carbocycles. The van der Waals surface area contributed by atoms with Gasteiger partial charge in [0, 0.05) is 12.4 Å². The quantitative estimate of drug-likeness (QED) is 0.598. The van der Waals surface area contributed by atoms with Crippen LogP contribution in [-0.4, -0.2) is 9.97 Å². The zero-order valence-corrected chi connectivity index (χ0v) is 10.5. The molecule has 0 aromatic carbocycles. The molecule has 0 fully saturated rings. The molecule has 0 aliphatic carbocycles. The highest BCUT2D eigenvalue weighted by molar-refractivity contribution is 6.92. The van der Waals surface area contributed by atoms with Crippen molar-refractivity contribution in [1.29, 1.82) is 0 Å². The fourth-order valence-corrected chi connectivity index (χ4v) is 1.49. The number of rotatable bonds is 3. The van der Waals surface area contributed by atoms with Gasteiger partial charge in [-0.15, -0.1) is 6.58 Å². The largest absolute Gasteiger partial charge is 0.255 e. The van der Waals surface area contributed by atoms with Crippen LogP contribution in [0.5, 0.6) is 0 Å². The van der Waals surface area contributed by atoms with Gasteiger partial charge in [0.15, 0.2) is 0 Å². The van der Waals surface area contributed by atoms with Crippen molar-refractivity contribution >= 4 is 9.90 Å². The van der Waals surface area contributed by atoms with Gasteiger partial charge >= 0.3 is 0 Å². The zero-order valence-electron chi connectivity index (χ0n) is 9.13. The smallest absolute Gasteiger partial charge is 0.0921 e. The van der Waals surface area contributed by atoms with Crippen molar-refractivity contribution < 1.29 is 0 Å². The molecule has 0 radical (unpaired) electrons. The molecule has 2 aromatic rings. The van der Waals surface area contributed by atoms with Crippen LogP contribution in [0.15, 0.2) is 55.4 Å². The Morgan fingerprint density at radius 1 is 1.06 bits per heavy atom. The first-order valence-electron chi connectivity index (χ1n) is 4.88. The van der Waals surface area contributed by atoms with Crippen LogP contribution in [0.25, 0.3) is 11.4 Å². The average molecular weight is 230 g/mol. The van der Waals surface area contributed by atoms with Gasteiger partial charge in [-0.25, -0.2) is 0 Å². The van der Waals surface area contributed by atoms with Crippen molar-refractivity contribution in [3.8, 4) is 11.4 Å². The van der Waals surface area contributed by atoms with Crippen LogP contribution in [0.1, 0.15) is 5.56 Å². The van der Waals surface area contributed by atoms with Crippen molar-refractivity contribution in [1.82, 2.24) is 9.97 Å². The normalized spacial score (nSPS) is 9.25. The van der Waals surface area contributed by atoms with E-state index in [0.717, 1.165) is 23.4 Å². The lowest BCUT2D eigenvalue weighted by atomic mass is 10.1. The Morgan fingerprint density at radius 2 is 1.88 bits per heavy atom. The third kappa shape index (κ3) is 2.74. The van der Waals surface area contributed by atoms with Crippen molar-refractivity contribution in [3.63, 3.8) is 0 Å². The summed E-state index contributed by atoms with van der Waals surface area (Å²) in [6.07, 6.45) is 6.27. The minimum Gasteiger partial charge on any atom is -0.255 e. The Morgan fingerprint density at radius 3 is 2.56 bits per heavy atom. The second-order valence-corrected chi connectivity index (χ2v) is 3.22. The minimum atomic E-state index is 0. The summed E-state index contributed by atoms with van der Waals surface area (Å²) in [6, 6.07) is 9.83. The van der Waals surface area contributed by atoms with Crippen LogP contribution in [0.2, 0.25) is 0 Å². The zero-order chi connectivity index (χ0) is 10.5. The first-order valence-corrected chi connectivity index (χ1v) is 4.88. The summed E-state index contributed by atoms with van der Waals surface area (Å²) in [6.45, 7) is 3.74. The van der Waals surface area contributed by atoms with Crippen LogP contribution < -0.4 is 0 Å². The summed E-state index contributed by atoms with van der Waals surface area (Å²) in [5.41, 5.74) is 3.01. The summed E-state index contributed by atoms with van der Waals surface area (Å²) < 4.78 is 0. The molecule has 3 heteroatoms. The number of allylic oxidation sites excluding steroid dienone is 1. The number of hydrogen-bond donors (Lipinski definition) is 0. The van der Waals surface area contributed by atoms with Crippen LogP contribution in [0, 0.1) is 0 Å². The SMILES string of the molecule is C=CCc1cccnc1-c1ccccn1.P. The average Bonchev–Trinajstić information content (AvgIpc) is 2.31. The number of hydrogen-bond acceptors (Lipinski definition) is 2. The van der Waals surface area contributed by atoms with Crippen molar-refractivity contribution in [2.45, 2.75) is 6.42 Å². The molecule has 0 amide bonds. The molecule has 1 unspecified atom stereocenters. The van der Waals surface area contributed by atoms with Crippen LogP contribution >= 0.6 is 9.90 Å². The molecule has 1 atom stereocenters. The van der Waals surface area contributed by atoms with Gasteiger partial charge in [-0.1, -0.05) is 18.2 Å². The molecular weight excluding hydrogens is 215 g/mol. The fourth-order valence-electron chi connectivity index (χ4n) is 1.49. The topological polar surface area (TPSA) is 25.8 Å². The van der Waals surface area contributed by atoms with Gasteiger partial charge in [0.1, 0.15) is 0 Å². The third-order valence-electron chi connectivity index (χ3n) is 2.16. The second-order valence-electron chi connectivity index (χ2n) is 3.22. The third-order valence-corrected chi connectivity index (χ3v) is 2.16. The van der Waals surface area contributed by atoms with Crippen LogP contribution in [0.4, 0.5) is 0 Å². The molecule has 82 valence electrons. The van der Waals surface area contributed by atoms with E-state index in [1.165, 1.54) is 0 Å². The van der Waals surface area contributed by atoms with Crippen molar-refractivity contribution in [3.05, 3.63) is 60.9 Å². The predicted molar refractivity (Wildman–Crippen MR) is 72.5 cm³/mol. The lowest BCUT2D eigenvalue weighted by Gasteiger charge is -2.04. The van der Waals surface area contributed by atoms with Gasteiger partial charge in [0.25, 0.3) is 0 Å². The number of pyridine rings is 2. The Kier molecular flexibility index (Phi) is 4.81. The maximum absolute atomic E-state index is 4.36. The minimum absolute atomic E-state index is 0. The van der Waals surface area contributed by atoms with E-state index in [0.29, 0.717) is 0 Å². The highest BCUT2D eigenvalue weighted by Gasteiger charge is 2.04. The molecule has 0 saturated heterocycles. The first kappa shape index (κ1) is 12.5. The number of nitrogens with zero attached hydrogens (tertiary/aromatic N) is 2. The summed E-state index contributed by atoms with van der Waals surface area (Å²) in [5.74, 6) is 0. The van der Waals surface area contributed by atoms with E-state index in [1.54, 1.807) is 12.4 Å². The Hall–Kier alpha value is -1.53. The van der Waals surface area contributed by atoms with E-state index in [2.05, 4.69) is 22.6 Å². The second kappa shape index (κ2) is 6.14. The van der Waals surface area contributed by atoms with Crippen LogP contribution in [-0.2, 0) is 6.42 Å². The van der Waals surface area contributed by atoms with Gasteiger partial charge in [0.2, 0.25) is 0 Å². The Labute approximate surface area is 99.1 Å². The van der Waals surface area contributed by atoms with Crippen molar-refractivity contribution in [2.24, 2.45) is 0 Å². The van der Waals surface area contributed by atoms with Gasteiger partial charge in [-0.3, -0.25) is 9.97 Å². The molecule has 0 bridgehead atoms. The molecule has 2 aromatic heterocycles. The fraction of sp³-hybridized carbons (Fsp3) is 0.0769. The number of aromatic nitrogens is 2. The van der Waals surface area contributed by atoms with Gasteiger partial charge in [0.05, 0.1) is 11.4 Å². The highest BCUT2D eigenvalue weighted by atomic mass is 31.0. The summed E-state index contributed by atoms with van der Waals surface area (Å²) in [7, 11) is 0. The Balaban J connectivity index is 0.00000128. The van der Waals surface area contributed by atoms with E-state index >= 15 is 0 Å². The molecule has 2 rings (SSSR count). The lowest BCUT2D eigenvalue weighted by molar-refractivity contribution is 1.17. The molecule has 0 aliphatic rings. The Bertz CT molecular complexity index is 454. The standard InChI is InChI=1S/C13H12N2.H3P/c1-2-6-11-7-5-10-15-13(11)12-8-3-4-9-14-12;/h2-5,7-10H,1,6H2;1H3. The first-order chi connectivity index (χ1) is 7.42. The highest BCUT2D eigenvalue weighted by Crippen LogP contribution is 2.18. The van der Waals surface area contributed by atoms with Crippen LogP contribution in [0.3, 0.4) is 0 Å². The van der Waals surface area contributed by atoms with E-state index in [9.17, 15) is 0 Å². The van der Waals surface area contributed by atoms with E-state index in [4.69, 9.17) is 0 Å². The monoisotopic (exact) mass is 230 g/mol. The van der Waals surface area contributed by atoms with Crippen molar-refractivity contribution in [2.75, 3.05) is 0 Å². The van der Waals surface area contributed by atoms with Gasteiger partial charge in [-0.2, -0.15) is 9.90 Å². The molecule has 2 heterocycles. The molecule has 0 aliphatic heterocycles. The molecule has 2 nitrogen and oxygen atoms in total. The van der Waals surface area contributed by atoms with Gasteiger partial charge in [-0.05, 0) is 30.2 Å². The lowest BCUT2D eigenvalue weighted by Crippen LogP contribution is -1.92. The van der Waals surface area contributed by atoms with E-state index in [-0.39, 0.29) is 9.90 Å². The van der Waals surface area contributed by atoms with E-state index in [1.807, 2.05) is 30.3 Å². The molecule has 0 N–H and O–H groups in total. The maximum atomic E-state index is 4.36. The summed E-state index contributed by atoms with van der Waals surface area (Å²) in [5, 5.41) is 0.